The van der Waals surface area contributed by atoms with Crippen molar-refractivity contribution in [3.8, 4) is 0 Å². The smallest absolute Gasteiger partial charge is 0.310 e. The molecule has 1 N–H and O–H groups in total. The molecule has 1 atom stereocenters. The van der Waals surface area contributed by atoms with Crippen LogP contribution in [0.2, 0.25) is 0 Å². The molecular formula is C27H35N5O5. The molecule has 0 aliphatic carbocycles. The van der Waals surface area contributed by atoms with Gasteiger partial charge < -0.3 is 19.9 Å². The number of aryl methyl sites for hydroxylation is 2. The standard InChI is InChI=1S/C27H35N5O5/c1-3-37-27(36)21-9-5-12-30(18-21)24(33)10-11-28-25(34)22-16-23-26(35)31(13-6-14-32(23)29-22)17-20-8-4-7-19(2)15-20/h4,7-8,15-16,21H,3,5-6,9-14,17-18H2,1-2H3,(H,28,34). The average Bonchev–Trinajstić information content (AvgIpc) is 3.26. The molecule has 3 amide bonds. The van der Waals surface area contributed by atoms with Gasteiger partial charge in [-0.05, 0) is 38.7 Å². The Balaban J connectivity index is 1.31. The number of piperidine rings is 1. The van der Waals surface area contributed by atoms with Crippen LogP contribution in [0.3, 0.4) is 0 Å². The Kier molecular flexibility index (Phi) is 8.58. The molecule has 0 saturated carbocycles. The maximum atomic E-state index is 13.2. The second-order valence-electron chi connectivity index (χ2n) is 9.64. The molecule has 37 heavy (non-hydrogen) atoms. The van der Waals surface area contributed by atoms with E-state index in [-0.39, 0.29) is 42.4 Å². The SMILES string of the molecule is CCOC(=O)C1CCCN(C(=O)CCNC(=O)c2cc3n(n2)CCCN(Cc2cccc(C)c2)C3=O)C1. The molecule has 1 aromatic carbocycles. The van der Waals surface area contributed by atoms with Crippen LogP contribution in [0.1, 0.15) is 64.7 Å². The second-order valence-corrected chi connectivity index (χ2v) is 9.64. The fourth-order valence-corrected chi connectivity index (χ4v) is 4.91. The highest BCUT2D eigenvalue weighted by Crippen LogP contribution is 2.19. The summed E-state index contributed by atoms with van der Waals surface area (Å²) in [6.07, 6.45) is 2.32. The average molecular weight is 510 g/mol. The fraction of sp³-hybridized carbons (Fsp3) is 0.519. The number of fused-ring (bicyclic) bond motifs is 1. The zero-order valence-corrected chi connectivity index (χ0v) is 21.6. The normalized spacial score (nSPS) is 17.7. The molecule has 2 aromatic rings. The first-order valence-electron chi connectivity index (χ1n) is 13.0. The van der Waals surface area contributed by atoms with Crippen molar-refractivity contribution in [1.29, 1.82) is 0 Å². The van der Waals surface area contributed by atoms with E-state index < -0.39 is 5.91 Å². The Morgan fingerprint density at radius 3 is 2.76 bits per heavy atom. The molecule has 1 saturated heterocycles. The van der Waals surface area contributed by atoms with E-state index in [9.17, 15) is 19.2 Å². The number of hydrogen-bond acceptors (Lipinski definition) is 6. The first kappa shape index (κ1) is 26.4. The van der Waals surface area contributed by atoms with Crippen LogP contribution in [-0.4, -0.2) is 76.1 Å². The topological polar surface area (TPSA) is 114 Å². The number of likely N-dealkylation sites (tertiary alicyclic amines) is 1. The summed E-state index contributed by atoms with van der Waals surface area (Å²) >= 11 is 0. The van der Waals surface area contributed by atoms with Gasteiger partial charge in [-0.2, -0.15) is 5.10 Å². The first-order valence-corrected chi connectivity index (χ1v) is 13.0. The molecular weight excluding hydrogens is 474 g/mol. The zero-order valence-electron chi connectivity index (χ0n) is 21.6. The highest BCUT2D eigenvalue weighted by molar-refractivity contribution is 5.98. The van der Waals surface area contributed by atoms with E-state index in [1.165, 1.54) is 6.07 Å². The van der Waals surface area contributed by atoms with Gasteiger partial charge >= 0.3 is 5.97 Å². The summed E-state index contributed by atoms with van der Waals surface area (Å²) in [4.78, 5) is 54.1. The molecule has 1 fully saturated rings. The lowest BCUT2D eigenvalue weighted by Gasteiger charge is -2.31. The summed E-state index contributed by atoms with van der Waals surface area (Å²) in [6, 6.07) is 9.60. The van der Waals surface area contributed by atoms with Gasteiger partial charge in [0, 0.05) is 51.8 Å². The van der Waals surface area contributed by atoms with Crippen molar-refractivity contribution < 1.29 is 23.9 Å². The number of ether oxygens (including phenoxy) is 1. The number of aromatic nitrogens is 2. The number of benzene rings is 1. The summed E-state index contributed by atoms with van der Waals surface area (Å²) in [6.45, 7) is 6.87. The van der Waals surface area contributed by atoms with Crippen molar-refractivity contribution in [2.75, 3.05) is 32.8 Å². The Hall–Kier alpha value is -3.69. The van der Waals surface area contributed by atoms with Gasteiger partial charge in [0.05, 0.1) is 12.5 Å². The third kappa shape index (κ3) is 6.55. The van der Waals surface area contributed by atoms with Gasteiger partial charge in [0.2, 0.25) is 5.91 Å². The number of esters is 1. The molecule has 0 radical (unpaired) electrons. The largest absolute Gasteiger partial charge is 0.466 e. The molecule has 4 rings (SSSR count). The fourth-order valence-electron chi connectivity index (χ4n) is 4.91. The lowest BCUT2D eigenvalue weighted by molar-refractivity contribution is -0.151. The third-order valence-electron chi connectivity index (χ3n) is 6.79. The highest BCUT2D eigenvalue weighted by Gasteiger charge is 2.30. The van der Waals surface area contributed by atoms with E-state index in [4.69, 9.17) is 4.74 Å². The quantitative estimate of drug-likeness (QED) is 0.546. The van der Waals surface area contributed by atoms with E-state index >= 15 is 0 Å². The van der Waals surface area contributed by atoms with Crippen molar-refractivity contribution in [3.05, 3.63) is 52.8 Å². The van der Waals surface area contributed by atoms with Crippen molar-refractivity contribution in [2.24, 2.45) is 5.92 Å². The van der Waals surface area contributed by atoms with Gasteiger partial charge in [0.1, 0.15) is 5.69 Å². The van der Waals surface area contributed by atoms with Crippen molar-refractivity contribution >= 4 is 23.7 Å². The van der Waals surface area contributed by atoms with Gasteiger partial charge in [-0.1, -0.05) is 29.8 Å². The molecule has 0 spiro atoms. The Morgan fingerprint density at radius 2 is 1.97 bits per heavy atom. The molecule has 198 valence electrons. The lowest BCUT2D eigenvalue weighted by Crippen LogP contribution is -2.43. The number of nitrogens with zero attached hydrogens (tertiary/aromatic N) is 4. The molecule has 10 nitrogen and oxygen atoms in total. The van der Waals surface area contributed by atoms with Crippen molar-refractivity contribution in [2.45, 2.75) is 52.6 Å². The number of carbonyl (C=O) groups excluding carboxylic acids is 4. The third-order valence-corrected chi connectivity index (χ3v) is 6.79. The Morgan fingerprint density at radius 1 is 1.14 bits per heavy atom. The van der Waals surface area contributed by atoms with Gasteiger partial charge in [0.25, 0.3) is 11.8 Å². The number of carbonyl (C=O) groups is 4. The number of hydrogen-bond donors (Lipinski definition) is 1. The minimum Gasteiger partial charge on any atom is -0.466 e. The number of rotatable bonds is 8. The van der Waals surface area contributed by atoms with Gasteiger partial charge in [-0.15, -0.1) is 0 Å². The first-order chi connectivity index (χ1) is 17.9. The van der Waals surface area contributed by atoms with E-state index in [2.05, 4.69) is 16.5 Å². The van der Waals surface area contributed by atoms with E-state index in [1.807, 2.05) is 25.1 Å². The van der Waals surface area contributed by atoms with E-state index in [0.717, 1.165) is 24.0 Å². The maximum absolute atomic E-state index is 13.2. The molecule has 10 heteroatoms. The van der Waals surface area contributed by atoms with Crippen LogP contribution in [0.4, 0.5) is 0 Å². The van der Waals surface area contributed by atoms with E-state index in [1.54, 1.807) is 21.4 Å². The van der Waals surface area contributed by atoms with Crippen molar-refractivity contribution in [1.82, 2.24) is 24.9 Å². The van der Waals surface area contributed by atoms with Gasteiger partial charge in [-0.3, -0.25) is 23.9 Å². The van der Waals surface area contributed by atoms with Crippen LogP contribution < -0.4 is 5.32 Å². The summed E-state index contributed by atoms with van der Waals surface area (Å²) < 4.78 is 6.69. The molecule has 2 aliphatic rings. The monoisotopic (exact) mass is 509 g/mol. The van der Waals surface area contributed by atoms with Crippen LogP contribution in [0, 0.1) is 12.8 Å². The minimum atomic E-state index is -0.422. The molecule has 0 bridgehead atoms. The van der Waals surface area contributed by atoms with Crippen molar-refractivity contribution in [3.63, 3.8) is 0 Å². The second kappa shape index (κ2) is 12.0. The molecule has 1 unspecified atom stereocenters. The van der Waals surface area contributed by atoms with Crippen LogP contribution in [0.25, 0.3) is 0 Å². The number of amides is 3. The van der Waals surface area contributed by atoms with Crippen LogP contribution in [0.5, 0.6) is 0 Å². The summed E-state index contributed by atoms with van der Waals surface area (Å²) in [5.74, 6) is -1.25. The Labute approximate surface area is 216 Å². The number of nitrogens with one attached hydrogen (secondary N) is 1. The zero-order chi connectivity index (χ0) is 26.4. The minimum absolute atomic E-state index is 0.114. The summed E-state index contributed by atoms with van der Waals surface area (Å²) in [5.41, 5.74) is 2.76. The summed E-state index contributed by atoms with van der Waals surface area (Å²) in [5, 5.41) is 7.10. The predicted molar refractivity (Wildman–Crippen MR) is 136 cm³/mol. The van der Waals surface area contributed by atoms with E-state index in [0.29, 0.717) is 51.4 Å². The highest BCUT2D eigenvalue weighted by atomic mass is 16.5. The molecule has 1 aromatic heterocycles. The lowest BCUT2D eigenvalue weighted by atomic mass is 9.98. The Bertz CT molecular complexity index is 1160. The van der Waals surface area contributed by atoms with Crippen LogP contribution in [-0.2, 0) is 27.4 Å². The maximum Gasteiger partial charge on any atom is 0.310 e. The molecule has 2 aliphatic heterocycles. The predicted octanol–water partition coefficient (Wildman–Crippen LogP) is 2.16. The molecule has 3 heterocycles. The summed E-state index contributed by atoms with van der Waals surface area (Å²) in [7, 11) is 0. The van der Waals surface area contributed by atoms with Gasteiger partial charge in [0.15, 0.2) is 5.69 Å². The van der Waals surface area contributed by atoms with Gasteiger partial charge in [-0.25, -0.2) is 0 Å². The van der Waals surface area contributed by atoms with Crippen LogP contribution in [0.15, 0.2) is 30.3 Å². The van der Waals surface area contributed by atoms with Crippen LogP contribution >= 0.6 is 0 Å².